The molecule has 0 fully saturated rings. The van der Waals surface area contributed by atoms with E-state index >= 15 is 0 Å². The van der Waals surface area contributed by atoms with Crippen LogP contribution < -0.4 is 0 Å². The number of carbonyl (C=O) groups excluding carboxylic acids is 1. The Kier molecular flexibility index (Phi) is 3.07. The molecule has 2 rings (SSSR count). The summed E-state index contributed by atoms with van der Waals surface area (Å²) in [6, 6.07) is 4.04. The van der Waals surface area contributed by atoms with Crippen LogP contribution in [0.25, 0.3) is 0 Å². The summed E-state index contributed by atoms with van der Waals surface area (Å²) in [6.45, 7) is 7.98. The molecule has 2 aromatic rings. The van der Waals surface area contributed by atoms with Gasteiger partial charge in [0.15, 0.2) is 5.78 Å². The van der Waals surface area contributed by atoms with E-state index in [4.69, 9.17) is 0 Å². The van der Waals surface area contributed by atoms with Gasteiger partial charge in [-0.1, -0.05) is 6.07 Å². The number of benzene rings is 1. The van der Waals surface area contributed by atoms with Gasteiger partial charge in [0.1, 0.15) is 0 Å². The second-order valence-electron chi connectivity index (χ2n) is 4.85. The highest BCUT2D eigenvalue weighted by molar-refractivity contribution is 6.10. The van der Waals surface area contributed by atoms with E-state index in [-0.39, 0.29) is 5.78 Å². The van der Waals surface area contributed by atoms with Crippen molar-refractivity contribution in [1.29, 1.82) is 0 Å². The van der Waals surface area contributed by atoms with Crippen LogP contribution in [0.2, 0.25) is 0 Å². The summed E-state index contributed by atoms with van der Waals surface area (Å²) < 4.78 is 1.73. The second-order valence-corrected chi connectivity index (χ2v) is 4.85. The lowest BCUT2D eigenvalue weighted by Gasteiger charge is -2.08. The first-order chi connectivity index (χ1) is 8.41. The summed E-state index contributed by atoms with van der Waals surface area (Å²) >= 11 is 0. The number of carbonyl (C=O) groups is 1. The molecular weight excluding hydrogens is 224 g/mol. The third-order valence-corrected chi connectivity index (χ3v) is 3.57. The van der Waals surface area contributed by atoms with Gasteiger partial charge in [0.2, 0.25) is 0 Å². The SMILES string of the molecule is Cc1cc(C)c(C(=O)c2cnn(C)c2C)cc1C. The van der Waals surface area contributed by atoms with Crippen molar-refractivity contribution >= 4 is 5.78 Å². The summed E-state index contributed by atoms with van der Waals surface area (Å²) in [6.07, 6.45) is 1.65. The highest BCUT2D eigenvalue weighted by Crippen LogP contribution is 2.20. The summed E-state index contributed by atoms with van der Waals surface area (Å²) in [5, 5.41) is 4.13. The normalized spacial score (nSPS) is 10.7. The first-order valence-electron chi connectivity index (χ1n) is 6.03. The van der Waals surface area contributed by atoms with Crippen molar-refractivity contribution in [2.24, 2.45) is 7.05 Å². The van der Waals surface area contributed by atoms with Crippen LogP contribution in [0.5, 0.6) is 0 Å². The van der Waals surface area contributed by atoms with Gasteiger partial charge >= 0.3 is 0 Å². The molecule has 0 spiro atoms. The fourth-order valence-corrected chi connectivity index (χ4v) is 2.07. The molecule has 0 aliphatic carbocycles. The Labute approximate surface area is 107 Å². The summed E-state index contributed by atoms with van der Waals surface area (Å²) in [5.41, 5.74) is 5.74. The molecule has 0 atom stereocenters. The quantitative estimate of drug-likeness (QED) is 0.759. The van der Waals surface area contributed by atoms with Crippen molar-refractivity contribution in [2.75, 3.05) is 0 Å². The summed E-state index contributed by atoms with van der Waals surface area (Å²) in [7, 11) is 1.85. The maximum atomic E-state index is 12.5. The molecule has 0 aliphatic heterocycles. The zero-order chi connectivity index (χ0) is 13.4. The van der Waals surface area contributed by atoms with E-state index in [1.54, 1.807) is 10.9 Å². The van der Waals surface area contributed by atoms with Crippen LogP contribution in [0, 0.1) is 27.7 Å². The van der Waals surface area contributed by atoms with Gasteiger partial charge in [0, 0.05) is 18.3 Å². The molecule has 3 heteroatoms. The van der Waals surface area contributed by atoms with Crippen molar-refractivity contribution in [3.63, 3.8) is 0 Å². The second kappa shape index (κ2) is 4.41. The Hall–Kier alpha value is -1.90. The number of hydrogen-bond acceptors (Lipinski definition) is 2. The molecule has 0 radical (unpaired) electrons. The van der Waals surface area contributed by atoms with E-state index in [1.165, 1.54) is 5.56 Å². The third-order valence-electron chi connectivity index (χ3n) is 3.57. The molecule has 0 saturated carbocycles. The lowest BCUT2D eigenvalue weighted by atomic mass is 9.95. The van der Waals surface area contributed by atoms with E-state index in [1.807, 2.05) is 33.9 Å². The van der Waals surface area contributed by atoms with E-state index in [0.717, 1.165) is 22.4 Å². The molecule has 0 saturated heterocycles. The predicted molar refractivity (Wildman–Crippen MR) is 72.0 cm³/mol. The number of ketones is 1. The summed E-state index contributed by atoms with van der Waals surface area (Å²) in [4.78, 5) is 12.5. The van der Waals surface area contributed by atoms with Crippen molar-refractivity contribution in [3.05, 3.63) is 51.8 Å². The zero-order valence-corrected chi connectivity index (χ0v) is 11.5. The van der Waals surface area contributed by atoms with E-state index in [2.05, 4.69) is 18.1 Å². The lowest BCUT2D eigenvalue weighted by Crippen LogP contribution is -2.06. The van der Waals surface area contributed by atoms with Crippen LogP contribution >= 0.6 is 0 Å². The molecule has 3 nitrogen and oxygen atoms in total. The zero-order valence-electron chi connectivity index (χ0n) is 11.5. The average Bonchev–Trinajstić information content (AvgIpc) is 2.64. The standard InChI is InChI=1S/C15H18N2O/c1-9-6-11(3)13(7-10(9)2)15(18)14-8-16-17(5)12(14)4/h6-8H,1-5H3. The molecule has 0 bridgehead atoms. The van der Waals surface area contributed by atoms with Gasteiger partial charge in [0.05, 0.1) is 11.8 Å². The van der Waals surface area contributed by atoms with Crippen LogP contribution in [-0.2, 0) is 7.05 Å². The molecule has 94 valence electrons. The minimum atomic E-state index is 0.0567. The van der Waals surface area contributed by atoms with Gasteiger partial charge in [-0.15, -0.1) is 0 Å². The van der Waals surface area contributed by atoms with E-state index in [0.29, 0.717) is 5.56 Å². The molecule has 0 unspecified atom stereocenters. The Bertz CT molecular complexity index is 624. The Balaban J connectivity index is 2.53. The van der Waals surface area contributed by atoms with Crippen molar-refractivity contribution in [2.45, 2.75) is 27.7 Å². The average molecular weight is 242 g/mol. The molecule has 0 aliphatic rings. The molecule has 1 heterocycles. The van der Waals surface area contributed by atoms with Gasteiger partial charge in [-0.05, 0) is 50.5 Å². The van der Waals surface area contributed by atoms with Gasteiger partial charge < -0.3 is 0 Å². The number of aromatic nitrogens is 2. The molecule has 1 aromatic heterocycles. The van der Waals surface area contributed by atoms with Gasteiger partial charge in [-0.2, -0.15) is 5.10 Å². The smallest absolute Gasteiger partial charge is 0.196 e. The van der Waals surface area contributed by atoms with Gasteiger partial charge in [-0.25, -0.2) is 0 Å². The summed E-state index contributed by atoms with van der Waals surface area (Å²) in [5.74, 6) is 0.0567. The highest BCUT2D eigenvalue weighted by Gasteiger charge is 2.17. The van der Waals surface area contributed by atoms with Crippen LogP contribution in [0.3, 0.4) is 0 Å². The number of aryl methyl sites for hydroxylation is 4. The topological polar surface area (TPSA) is 34.9 Å². The minimum Gasteiger partial charge on any atom is -0.288 e. The van der Waals surface area contributed by atoms with Crippen LogP contribution in [0.4, 0.5) is 0 Å². The maximum Gasteiger partial charge on any atom is 0.196 e. The van der Waals surface area contributed by atoms with Gasteiger partial charge in [0.25, 0.3) is 0 Å². The Morgan fingerprint density at radius 1 is 1.00 bits per heavy atom. The first kappa shape index (κ1) is 12.6. The van der Waals surface area contributed by atoms with Crippen molar-refractivity contribution < 1.29 is 4.79 Å². The monoisotopic (exact) mass is 242 g/mol. The molecule has 0 amide bonds. The Morgan fingerprint density at radius 3 is 2.17 bits per heavy atom. The fraction of sp³-hybridized carbons (Fsp3) is 0.333. The maximum absolute atomic E-state index is 12.5. The van der Waals surface area contributed by atoms with Crippen molar-refractivity contribution in [3.8, 4) is 0 Å². The van der Waals surface area contributed by atoms with Gasteiger partial charge in [-0.3, -0.25) is 9.48 Å². The highest BCUT2D eigenvalue weighted by atomic mass is 16.1. The van der Waals surface area contributed by atoms with Crippen molar-refractivity contribution in [1.82, 2.24) is 9.78 Å². The number of hydrogen-bond donors (Lipinski definition) is 0. The lowest BCUT2D eigenvalue weighted by molar-refractivity contribution is 0.103. The van der Waals surface area contributed by atoms with Crippen LogP contribution in [0.15, 0.2) is 18.3 Å². The molecule has 1 aromatic carbocycles. The van der Waals surface area contributed by atoms with E-state index in [9.17, 15) is 4.79 Å². The fourth-order valence-electron chi connectivity index (χ4n) is 2.07. The Morgan fingerprint density at radius 2 is 1.61 bits per heavy atom. The molecule has 18 heavy (non-hydrogen) atoms. The largest absolute Gasteiger partial charge is 0.288 e. The molecular formula is C15H18N2O. The number of rotatable bonds is 2. The first-order valence-corrected chi connectivity index (χ1v) is 6.03. The van der Waals surface area contributed by atoms with Crippen LogP contribution in [-0.4, -0.2) is 15.6 Å². The predicted octanol–water partition coefficient (Wildman–Crippen LogP) is 2.88. The van der Waals surface area contributed by atoms with Crippen LogP contribution in [0.1, 0.15) is 38.3 Å². The molecule has 0 N–H and O–H groups in total. The van der Waals surface area contributed by atoms with E-state index < -0.39 is 0 Å². The number of nitrogens with zero attached hydrogens (tertiary/aromatic N) is 2. The minimum absolute atomic E-state index is 0.0567. The third kappa shape index (κ3) is 1.96.